The van der Waals surface area contributed by atoms with Crippen molar-refractivity contribution >= 4 is 11.8 Å². The molecule has 0 aliphatic heterocycles. The van der Waals surface area contributed by atoms with Crippen LogP contribution in [0.1, 0.15) is 22.8 Å². The summed E-state index contributed by atoms with van der Waals surface area (Å²) in [4.78, 5) is 23.7. The second kappa shape index (κ2) is 8.23. The Hall–Kier alpha value is -2.96. The Morgan fingerprint density at radius 1 is 1.12 bits per heavy atom. The third-order valence-corrected chi connectivity index (χ3v) is 3.46. The van der Waals surface area contributed by atoms with Crippen LogP contribution in [0.25, 0.3) is 0 Å². The fraction of sp³-hybridized carbons (Fsp3) is 0.222. The minimum atomic E-state index is -1.05. The van der Waals surface area contributed by atoms with Gasteiger partial charge in [0.2, 0.25) is 0 Å². The Labute approximate surface area is 144 Å². The lowest BCUT2D eigenvalue weighted by atomic mass is 10.1. The highest BCUT2D eigenvalue weighted by Crippen LogP contribution is 2.16. The summed E-state index contributed by atoms with van der Waals surface area (Å²) in [6, 6.07) is 9.88. The third kappa shape index (κ3) is 5.00. The van der Waals surface area contributed by atoms with E-state index in [9.17, 15) is 18.4 Å². The van der Waals surface area contributed by atoms with Gasteiger partial charge in [0.05, 0.1) is 0 Å². The van der Waals surface area contributed by atoms with Gasteiger partial charge in [-0.2, -0.15) is 0 Å². The number of rotatable bonds is 6. The standard InChI is InChI=1S/C18H18F2N2O3/c1-11(25-14-6-7-15(19)16(20)9-14)17(23)22-10-12-4-3-5-13(8-12)18(24)21-2/h3-9,11H,10H2,1-2H3,(H,21,24)(H,22,23)/t11-/m1/s1. The van der Waals surface area contributed by atoms with Crippen LogP contribution in [0.5, 0.6) is 5.75 Å². The summed E-state index contributed by atoms with van der Waals surface area (Å²) < 4.78 is 31.3. The van der Waals surface area contributed by atoms with Crippen LogP contribution in [0.2, 0.25) is 0 Å². The summed E-state index contributed by atoms with van der Waals surface area (Å²) in [6.07, 6.45) is -0.896. The van der Waals surface area contributed by atoms with Crippen molar-refractivity contribution in [3.05, 3.63) is 65.2 Å². The summed E-state index contributed by atoms with van der Waals surface area (Å²) in [5.41, 5.74) is 1.23. The fourth-order valence-electron chi connectivity index (χ4n) is 2.11. The maximum atomic E-state index is 13.1. The summed E-state index contributed by atoms with van der Waals surface area (Å²) in [7, 11) is 1.54. The van der Waals surface area contributed by atoms with Crippen molar-refractivity contribution in [1.29, 1.82) is 0 Å². The molecule has 0 unspecified atom stereocenters. The number of hydrogen-bond donors (Lipinski definition) is 2. The molecule has 0 fully saturated rings. The molecule has 0 bridgehead atoms. The number of carbonyl (C=O) groups excluding carboxylic acids is 2. The summed E-state index contributed by atoms with van der Waals surface area (Å²) >= 11 is 0. The number of carbonyl (C=O) groups is 2. The Balaban J connectivity index is 1.93. The average molecular weight is 348 g/mol. The predicted octanol–water partition coefficient (Wildman–Crippen LogP) is 2.41. The van der Waals surface area contributed by atoms with Gasteiger partial charge in [-0.3, -0.25) is 9.59 Å². The molecule has 2 aromatic carbocycles. The molecule has 0 heterocycles. The number of amides is 2. The van der Waals surface area contributed by atoms with Crippen molar-refractivity contribution in [3.8, 4) is 5.75 Å². The van der Waals surface area contributed by atoms with Crippen molar-refractivity contribution in [2.45, 2.75) is 19.6 Å². The minimum Gasteiger partial charge on any atom is -0.481 e. The van der Waals surface area contributed by atoms with E-state index in [0.29, 0.717) is 5.56 Å². The minimum absolute atomic E-state index is 0.0585. The second-order valence-electron chi connectivity index (χ2n) is 5.33. The molecule has 0 saturated carbocycles. The van der Waals surface area contributed by atoms with Gasteiger partial charge in [0.15, 0.2) is 17.7 Å². The molecule has 5 nitrogen and oxygen atoms in total. The van der Waals surface area contributed by atoms with Gasteiger partial charge in [-0.25, -0.2) is 8.78 Å². The molecule has 0 aromatic heterocycles. The molecule has 1 atom stereocenters. The molecule has 25 heavy (non-hydrogen) atoms. The quantitative estimate of drug-likeness (QED) is 0.842. The maximum Gasteiger partial charge on any atom is 0.261 e. The number of nitrogens with one attached hydrogen (secondary N) is 2. The van der Waals surface area contributed by atoms with Gasteiger partial charge < -0.3 is 15.4 Å². The maximum absolute atomic E-state index is 13.1. The molecule has 0 saturated heterocycles. The van der Waals surface area contributed by atoms with Crippen LogP contribution in [0.4, 0.5) is 8.78 Å². The zero-order chi connectivity index (χ0) is 18.4. The summed E-state index contributed by atoms with van der Waals surface area (Å²) in [5.74, 6) is -2.61. The molecule has 0 radical (unpaired) electrons. The molecule has 2 amide bonds. The average Bonchev–Trinajstić information content (AvgIpc) is 2.62. The van der Waals surface area contributed by atoms with Crippen LogP contribution < -0.4 is 15.4 Å². The monoisotopic (exact) mass is 348 g/mol. The van der Waals surface area contributed by atoms with E-state index in [1.165, 1.54) is 20.0 Å². The van der Waals surface area contributed by atoms with E-state index in [-0.39, 0.29) is 18.2 Å². The number of hydrogen-bond acceptors (Lipinski definition) is 3. The zero-order valence-electron chi connectivity index (χ0n) is 13.8. The van der Waals surface area contributed by atoms with Gasteiger partial charge in [-0.05, 0) is 36.8 Å². The largest absolute Gasteiger partial charge is 0.481 e. The van der Waals surface area contributed by atoms with Gasteiger partial charge in [0, 0.05) is 25.2 Å². The molecule has 2 aromatic rings. The predicted molar refractivity (Wildman–Crippen MR) is 88.1 cm³/mol. The van der Waals surface area contributed by atoms with Crippen LogP contribution in [0, 0.1) is 11.6 Å². The number of benzene rings is 2. The number of halogens is 2. The summed E-state index contributed by atoms with van der Waals surface area (Å²) in [5, 5.41) is 5.19. The van der Waals surface area contributed by atoms with Gasteiger partial charge >= 0.3 is 0 Å². The SMILES string of the molecule is CNC(=O)c1cccc(CNC(=O)[C@@H](C)Oc2ccc(F)c(F)c2)c1. The van der Waals surface area contributed by atoms with Crippen molar-refractivity contribution < 1.29 is 23.1 Å². The van der Waals surface area contributed by atoms with Crippen molar-refractivity contribution in [1.82, 2.24) is 10.6 Å². The molecule has 7 heteroatoms. The first-order chi connectivity index (χ1) is 11.9. The molecule has 0 spiro atoms. The molecule has 0 aliphatic rings. The normalized spacial score (nSPS) is 11.5. The lowest BCUT2D eigenvalue weighted by Gasteiger charge is -2.15. The second-order valence-corrected chi connectivity index (χ2v) is 5.33. The Morgan fingerprint density at radius 3 is 2.56 bits per heavy atom. The van der Waals surface area contributed by atoms with Gasteiger partial charge in [0.25, 0.3) is 11.8 Å². The van der Waals surface area contributed by atoms with Gasteiger partial charge in [-0.1, -0.05) is 12.1 Å². The van der Waals surface area contributed by atoms with Gasteiger partial charge in [0.1, 0.15) is 5.75 Å². The zero-order valence-corrected chi connectivity index (χ0v) is 13.8. The van der Waals surface area contributed by atoms with E-state index in [4.69, 9.17) is 4.74 Å². The summed E-state index contributed by atoms with van der Waals surface area (Å²) in [6.45, 7) is 1.70. The van der Waals surface area contributed by atoms with E-state index in [1.807, 2.05) is 0 Å². The van der Waals surface area contributed by atoms with E-state index < -0.39 is 23.6 Å². The molecule has 132 valence electrons. The van der Waals surface area contributed by atoms with E-state index in [2.05, 4.69) is 10.6 Å². The molecular weight excluding hydrogens is 330 g/mol. The first kappa shape index (κ1) is 18.4. The highest BCUT2D eigenvalue weighted by molar-refractivity contribution is 5.94. The molecule has 2 rings (SSSR count). The van der Waals surface area contributed by atoms with Crippen LogP contribution >= 0.6 is 0 Å². The van der Waals surface area contributed by atoms with Crippen molar-refractivity contribution in [2.75, 3.05) is 7.05 Å². The first-order valence-corrected chi connectivity index (χ1v) is 7.61. The highest BCUT2D eigenvalue weighted by Gasteiger charge is 2.15. The molecule has 2 N–H and O–H groups in total. The molecule has 0 aliphatic carbocycles. The Bertz CT molecular complexity index is 781. The van der Waals surface area contributed by atoms with E-state index in [1.54, 1.807) is 24.3 Å². The Kier molecular flexibility index (Phi) is 6.05. The van der Waals surface area contributed by atoms with Crippen LogP contribution in [-0.4, -0.2) is 25.0 Å². The van der Waals surface area contributed by atoms with Crippen LogP contribution in [0.3, 0.4) is 0 Å². The highest BCUT2D eigenvalue weighted by atomic mass is 19.2. The third-order valence-electron chi connectivity index (χ3n) is 3.46. The fourth-order valence-corrected chi connectivity index (χ4v) is 2.11. The Morgan fingerprint density at radius 2 is 1.88 bits per heavy atom. The van der Waals surface area contributed by atoms with E-state index >= 15 is 0 Å². The van der Waals surface area contributed by atoms with Crippen molar-refractivity contribution in [3.63, 3.8) is 0 Å². The number of ether oxygens (including phenoxy) is 1. The lowest BCUT2D eigenvalue weighted by molar-refractivity contribution is -0.127. The lowest BCUT2D eigenvalue weighted by Crippen LogP contribution is -2.36. The van der Waals surface area contributed by atoms with Crippen molar-refractivity contribution in [2.24, 2.45) is 0 Å². The first-order valence-electron chi connectivity index (χ1n) is 7.61. The topological polar surface area (TPSA) is 67.4 Å². The molecular formula is C18H18F2N2O3. The van der Waals surface area contributed by atoms with Crippen LogP contribution in [0.15, 0.2) is 42.5 Å². The van der Waals surface area contributed by atoms with Crippen LogP contribution in [-0.2, 0) is 11.3 Å². The van der Waals surface area contributed by atoms with E-state index in [0.717, 1.165) is 17.7 Å². The van der Waals surface area contributed by atoms with Gasteiger partial charge in [-0.15, -0.1) is 0 Å². The smallest absolute Gasteiger partial charge is 0.261 e.